The van der Waals surface area contributed by atoms with Gasteiger partial charge in [0, 0.05) is 23.5 Å². The van der Waals surface area contributed by atoms with E-state index in [0.717, 1.165) is 29.0 Å². The van der Waals surface area contributed by atoms with Gasteiger partial charge in [-0.2, -0.15) is 0 Å². The van der Waals surface area contributed by atoms with E-state index in [0.29, 0.717) is 4.47 Å². The molecule has 0 saturated carbocycles. The van der Waals surface area contributed by atoms with E-state index >= 15 is 0 Å². The lowest BCUT2D eigenvalue weighted by molar-refractivity contribution is 0.472. The van der Waals surface area contributed by atoms with Gasteiger partial charge in [0.05, 0.1) is 4.47 Å². The van der Waals surface area contributed by atoms with Gasteiger partial charge in [0.25, 0.3) is 0 Å². The van der Waals surface area contributed by atoms with Gasteiger partial charge < -0.3 is 5.11 Å². The standard InChI is InChI=1S/C12H5Br5O/c13-7-3-10(16)9(15)1-5(7)6-2-12(18)11(17)4-8(6)14/h1-4,18H. The van der Waals surface area contributed by atoms with Crippen LogP contribution >= 0.6 is 79.6 Å². The monoisotopic (exact) mass is 560 g/mol. The highest BCUT2D eigenvalue weighted by Gasteiger charge is 2.12. The summed E-state index contributed by atoms with van der Waals surface area (Å²) in [6.07, 6.45) is 0. The predicted octanol–water partition coefficient (Wildman–Crippen LogP) is 6.87. The number of hydrogen-bond donors (Lipinski definition) is 1. The lowest BCUT2D eigenvalue weighted by Gasteiger charge is -2.11. The number of phenols is 1. The molecule has 94 valence electrons. The minimum atomic E-state index is 0.208. The van der Waals surface area contributed by atoms with Crippen LogP contribution in [-0.2, 0) is 0 Å². The summed E-state index contributed by atoms with van der Waals surface area (Å²) in [6.45, 7) is 0. The quantitative estimate of drug-likeness (QED) is 0.375. The van der Waals surface area contributed by atoms with Crippen molar-refractivity contribution in [2.45, 2.75) is 0 Å². The van der Waals surface area contributed by atoms with Crippen molar-refractivity contribution in [1.82, 2.24) is 0 Å². The summed E-state index contributed by atoms with van der Waals surface area (Å²) in [5.74, 6) is 0.208. The average Bonchev–Trinajstić information content (AvgIpc) is 2.29. The number of halogens is 5. The maximum absolute atomic E-state index is 9.80. The Morgan fingerprint density at radius 1 is 0.556 bits per heavy atom. The summed E-state index contributed by atoms with van der Waals surface area (Å²) in [5, 5.41) is 9.80. The molecule has 0 radical (unpaired) electrons. The number of aromatic hydroxyl groups is 1. The zero-order valence-corrected chi connectivity index (χ0v) is 16.6. The van der Waals surface area contributed by atoms with Crippen LogP contribution in [0.25, 0.3) is 11.1 Å². The van der Waals surface area contributed by atoms with Crippen molar-refractivity contribution in [3.05, 3.63) is 46.6 Å². The molecule has 0 amide bonds. The Morgan fingerprint density at radius 2 is 1.00 bits per heavy atom. The van der Waals surface area contributed by atoms with E-state index in [1.54, 1.807) is 6.07 Å². The minimum absolute atomic E-state index is 0.208. The van der Waals surface area contributed by atoms with Crippen LogP contribution in [0.2, 0.25) is 0 Å². The highest BCUT2D eigenvalue weighted by Crippen LogP contribution is 2.41. The van der Waals surface area contributed by atoms with E-state index in [-0.39, 0.29) is 5.75 Å². The molecule has 2 aromatic carbocycles. The molecule has 0 bridgehead atoms. The summed E-state index contributed by atoms with van der Waals surface area (Å²) in [6, 6.07) is 7.49. The Morgan fingerprint density at radius 3 is 1.61 bits per heavy atom. The second-order valence-corrected chi connectivity index (χ2v) is 7.80. The van der Waals surface area contributed by atoms with E-state index in [1.807, 2.05) is 18.2 Å². The van der Waals surface area contributed by atoms with Crippen molar-refractivity contribution in [3.8, 4) is 16.9 Å². The number of benzene rings is 2. The Balaban J connectivity index is 2.69. The summed E-state index contributed by atoms with van der Waals surface area (Å²) < 4.78 is 4.43. The van der Waals surface area contributed by atoms with Gasteiger partial charge in [-0.3, -0.25) is 0 Å². The fraction of sp³-hybridized carbons (Fsp3) is 0. The van der Waals surface area contributed by atoms with E-state index in [9.17, 15) is 5.11 Å². The van der Waals surface area contributed by atoms with Crippen molar-refractivity contribution < 1.29 is 5.11 Å². The van der Waals surface area contributed by atoms with Crippen molar-refractivity contribution in [3.63, 3.8) is 0 Å². The van der Waals surface area contributed by atoms with Gasteiger partial charge in [-0.15, -0.1) is 0 Å². The summed E-state index contributed by atoms with van der Waals surface area (Å²) >= 11 is 17.3. The van der Waals surface area contributed by atoms with Gasteiger partial charge >= 0.3 is 0 Å². The first-order valence-corrected chi connectivity index (χ1v) is 8.69. The predicted molar refractivity (Wildman–Crippen MR) is 92.0 cm³/mol. The molecular formula is C12H5Br5O. The fourth-order valence-electron chi connectivity index (χ4n) is 1.47. The van der Waals surface area contributed by atoms with Crippen LogP contribution < -0.4 is 0 Å². The molecule has 2 aromatic rings. The topological polar surface area (TPSA) is 20.2 Å². The largest absolute Gasteiger partial charge is 0.507 e. The zero-order valence-electron chi connectivity index (χ0n) is 8.65. The maximum Gasteiger partial charge on any atom is 0.130 e. The molecule has 0 fully saturated rings. The number of phenolic OH excluding ortho intramolecular Hbond substituents is 1. The second kappa shape index (κ2) is 5.95. The summed E-state index contributed by atoms with van der Waals surface area (Å²) in [5.41, 5.74) is 1.90. The first kappa shape index (κ1) is 15.0. The van der Waals surface area contributed by atoms with Crippen LogP contribution in [0.3, 0.4) is 0 Å². The molecule has 1 nitrogen and oxygen atoms in total. The minimum Gasteiger partial charge on any atom is -0.507 e. The van der Waals surface area contributed by atoms with Gasteiger partial charge in [0.1, 0.15) is 5.75 Å². The fourth-order valence-corrected chi connectivity index (χ4v) is 4.23. The number of rotatable bonds is 1. The van der Waals surface area contributed by atoms with Crippen molar-refractivity contribution >= 4 is 79.6 Å². The smallest absolute Gasteiger partial charge is 0.130 e. The third kappa shape index (κ3) is 3.03. The Bertz CT molecular complexity index is 569. The van der Waals surface area contributed by atoms with Crippen LogP contribution in [0.1, 0.15) is 0 Å². The van der Waals surface area contributed by atoms with Crippen LogP contribution in [0, 0.1) is 0 Å². The van der Waals surface area contributed by atoms with Gasteiger partial charge in [-0.1, -0.05) is 31.9 Å². The lowest BCUT2D eigenvalue weighted by atomic mass is 10.1. The first-order chi connectivity index (χ1) is 8.40. The highest BCUT2D eigenvalue weighted by atomic mass is 79.9. The maximum atomic E-state index is 9.80. The normalized spacial score (nSPS) is 10.7. The second-order valence-electron chi connectivity index (χ2n) is 3.53. The number of hydrogen-bond acceptors (Lipinski definition) is 1. The molecule has 0 heterocycles. The molecule has 0 aliphatic rings. The molecule has 2 rings (SSSR count). The molecule has 0 aromatic heterocycles. The molecule has 0 aliphatic heterocycles. The molecule has 0 atom stereocenters. The highest BCUT2D eigenvalue weighted by molar-refractivity contribution is 9.13. The molecule has 1 N–H and O–H groups in total. The van der Waals surface area contributed by atoms with Gasteiger partial charge in [-0.05, 0) is 77.6 Å². The Labute approximate surface area is 147 Å². The van der Waals surface area contributed by atoms with E-state index in [4.69, 9.17) is 0 Å². The van der Waals surface area contributed by atoms with Crippen LogP contribution in [0.5, 0.6) is 5.75 Å². The van der Waals surface area contributed by atoms with Gasteiger partial charge in [0.15, 0.2) is 0 Å². The SMILES string of the molecule is Oc1cc(-c2cc(Br)c(Br)cc2Br)c(Br)cc1Br. The molecule has 6 heteroatoms. The van der Waals surface area contributed by atoms with Crippen LogP contribution in [0.15, 0.2) is 46.6 Å². The Hall–Kier alpha value is 0.640. The third-order valence-corrected chi connectivity index (χ3v) is 6.13. The first-order valence-electron chi connectivity index (χ1n) is 4.73. The van der Waals surface area contributed by atoms with Crippen LogP contribution in [0.4, 0.5) is 0 Å². The van der Waals surface area contributed by atoms with Crippen molar-refractivity contribution in [2.24, 2.45) is 0 Å². The molecule has 0 aliphatic carbocycles. The van der Waals surface area contributed by atoms with E-state index in [1.165, 1.54) is 0 Å². The van der Waals surface area contributed by atoms with E-state index in [2.05, 4.69) is 79.6 Å². The summed E-state index contributed by atoms with van der Waals surface area (Å²) in [7, 11) is 0. The lowest BCUT2D eigenvalue weighted by Crippen LogP contribution is -1.84. The molecule has 0 spiro atoms. The van der Waals surface area contributed by atoms with E-state index < -0.39 is 0 Å². The zero-order chi connectivity index (χ0) is 13.4. The van der Waals surface area contributed by atoms with Gasteiger partial charge in [0.2, 0.25) is 0 Å². The van der Waals surface area contributed by atoms with Crippen molar-refractivity contribution in [1.29, 1.82) is 0 Å². The van der Waals surface area contributed by atoms with Gasteiger partial charge in [-0.25, -0.2) is 0 Å². The summed E-state index contributed by atoms with van der Waals surface area (Å²) in [4.78, 5) is 0. The molecular weight excluding hydrogens is 560 g/mol. The Kier molecular flexibility index (Phi) is 4.97. The van der Waals surface area contributed by atoms with Crippen molar-refractivity contribution in [2.75, 3.05) is 0 Å². The molecule has 0 unspecified atom stereocenters. The average molecular weight is 565 g/mol. The molecule has 0 saturated heterocycles. The van der Waals surface area contributed by atoms with Crippen LogP contribution in [-0.4, -0.2) is 5.11 Å². The third-order valence-electron chi connectivity index (χ3n) is 2.34. The molecule has 18 heavy (non-hydrogen) atoms.